The Hall–Kier alpha value is -2.86. The van der Waals surface area contributed by atoms with Crippen LogP contribution in [0.2, 0.25) is 0 Å². The van der Waals surface area contributed by atoms with Crippen molar-refractivity contribution >= 4 is 17.6 Å². The predicted octanol–water partition coefficient (Wildman–Crippen LogP) is 3.26. The molecule has 0 heterocycles. The number of benzene rings is 2. The van der Waals surface area contributed by atoms with Crippen LogP contribution >= 0.6 is 0 Å². The van der Waals surface area contributed by atoms with Gasteiger partial charge in [-0.2, -0.15) is 0 Å². The zero-order chi connectivity index (χ0) is 18.1. The molecule has 0 aliphatic heterocycles. The molecule has 3 N–H and O–H groups in total. The summed E-state index contributed by atoms with van der Waals surface area (Å²) in [4.78, 5) is 23.1. The highest BCUT2D eigenvalue weighted by atomic mass is 16.5. The Morgan fingerprint density at radius 2 is 1.80 bits per heavy atom. The number of carbonyl (C=O) groups is 2. The summed E-state index contributed by atoms with van der Waals surface area (Å²) in [7, 11) is 0. The van der Waals surface area contributed by atoms with E-state index in [1.54, 1.807) is 24.3 Å². The number of carboxylic acid groups (broad SMARTS) is 1. The van der Waals surface area contributed by atoms with Crippen molar-refractivity contribution in [2.45, 2.75) is 25.8 Å². The maximum absolute atomic E-state index is 12.0. The third-order valence-corrected chi connectivity index (χ3v) is 3.48. The molecule has 0 bridgehead atoms. The first-order chi connectivity index (χ1) is 12.1. The van der Waals surface area contributed by atoms with Crippen LogP contribution in [0.25, 0.3) is 0 Å². The fourth-order valence-electron chi connectivity index (χ4n) is 2.28. The van der Waals surface area contributed by atoms with E-state index in [9.17, 15) is 9.59 Å². The van der Waals surface area contributed by atoms with Gasteiger partial charge >= 0.3 is 5.97 Å². The van der Waals surface area contributed by atoms with Gasteiger partial charge in [0.15, 0.2) is 0 Å². The van der Waals surface area contributed by atoms with Crippen molar-refractivity contribution in [3.05, 3.63) is 54.6 Å². The lowest BCUT2D eigenvalue weighted by Crippen LogP contribution is -2.41. The summed E-state index contributed by atoms with van der Waals surface area (Å²) in [5.41, 5.74) is 0.586. The fraction of sp³-hybridized carbons (Fsp3) is 0.263. The lowest BCUT2D eigenvalue weighted by molar-refractivity contribution is -0.139. The third-order valence-electron chi connectivity index (χ3n) is 3.48. The zero-order valence-corrected chi connectivity index (χ0v) is 14.1. The van der Waals surface area contributed by atoms with Gasteiger partial charge in [-0.05, 0) is 30.7 Å². The molecule has 0 aliphatic carbocycles. The summed E-state index contributed by atoms with van der Waals surface area (Å²) >= 11 is 0. The Bertz CT molecular complexity index is 704. The molecule has 1 atom stereocenters. The Balaban J connectivity index is 1.90. The molecule has 6 heteroatoms. The normalized spacial score (nSPS) is 11.6. The molecule has 0 radical (unpaired) electrons. The summed E-state index contributed by atoms with van der Waals surface area (Å²) in [6, 6.07) is 15.7. The van der Waals surface area contributed by atoms with Crippen molar-refractivity contribution in [2.75, 3.05) is 11.9 Å². The quantitative estimate of drug-likeness (QED) is 0.651. The summed E-state index contributed by atoms with van der Waals surface area (Å²) in [5, 5.41) is 14.6. The Morgan fingerprint density at radius 1 is 1.08 bits per heavy atom. The van der Waals surface area contributed by atoms with Gasteiger partial charge in [-0.3, -0.25) is 14.9 Å². The smallest absolute Gasteiger partial charge is 0.320 e. The number of carboxylic acids is 1. The molecule has 1 unspecified atom stereocenters. The van der Waals surface area contributed by atoms with Crippen LogP contribution in [-0.2, 0) is 9.59 Å². The maximum Gasteiger partial charge on any atom is 0.320 e. The molecule has 0 spiro atoms. The highest BCUT2D eigenvalue weighted by Crippen LogP contribution is 2.23. The number of carbonyl (C=O) groups excluding carboxylic acids is 1. The minimum Gasteiger partial charge on any atom is -0.480 e. The van der Waals surface area contributed by atoms with Crippen LogP contribution in [-0.4, -0.2) is 29.6 Å². The predicted molar refractivity (Wildman–Crippen MR) is 95.9 cm³/mol. The molecule has 6 nitrogen and oxygen atoms in total. The number of nitrogens with one attached hydrogen (secondary N) is 2. The summed E-state index contributed by atoms with van der Waals surface area (Å²) in [5.74, 6) is 0.0509. The molecule has 2 aromatic rings. The van der Waals surface area contributed by atoms with Gasteiger partial charge in [-0.25, -0.2) is 0 Å². The summed E-state index contributed by atoms with van der Waals surface area (Å²) in [6.45, 7) is 1.83. The van der Waals surface area contributed by atoms with Crippen molar-refractivity contribution in [1.29, 1.82) is 0 Å². The number of anilines is 1. The SMILES string of the molecule is CCCC(NCC(=O)Nc1cccc(Oc2ccccc2)c1)C(=O)O. The van der Waals surface area contributed by atoms with Crippen LogP contribution < -0.4 is 15.4 Å². The number of para-hydroxylation sites is 1. The van der Waals surface area contributed by atoms with E-state index in [2.05, 4.69) is 10.6 Å². The van der Waals surface area contributed by atoms with Crippen LogP contribution in [0.15, 0.2) is 54.6 Å². The van der Waals surface area contributed by atoms with Crippen LogP contribution in [0, 0.1) is 0 Å². The van der Waals surface area contributed by atoms with Crippen molar-refractivity contribution in [2.24, 2.45) is 0 Å². The van der Waals surface area contributed by atoms with Gasteiger partial charge in [0.25, 0.3) is 0 Å². The number of rotatable bonds is 9. The van der Waals surface area contributed by atoms with E-state index in [0.717, 1.165) is 6.42 Å². The maximum atomic E-state index is 12.0. The molecule has 2 aromatic carbocycles. The van der Waals surface area contributed by atoms with E-state index in [1.807, 2.05) is 37.3 Å². The summed E-state index contributed by atoms with van der Waals surface area (Å²) < 4.78 is 5.72. The number of hydrogen-bond acceptors (Lipinski definition) is 4. The van der Waals surface area contributed by atoms with Gasteiger partial charge in [0, 0.05) is 11.8 Å². The van der Waals surface area contributed by atoms with Gasteiger partial charge in [0.2, 0.25) is 5.91 Å². The average Bonchev–Trinajstić information content (AvgIpc) is 2.59. The van der Waals surface area contributed by atoms with Gasteiger partial charge in [-0.1, -0.05) is 37.6 Å². The molecule has 2 rings (SSSR count). The first-order valence-electron chi connectivity index (χ1n) is 8.17. The lowest BCUT2D eigenvalue weighted by Gasteiger charge is -2.13. The van der Waals surface area contributed by atoms with E-state index >= 15 is 0 Å². The van der Waals surface area contributed by atoms with Crippen LogP contribution in [0.5, 0.6) is 11.5 Å². The van der Waals surface area contributed by atoms with E-state index in [4.69, 9.17) is 9.84 Å². The van der Waals surface area contributed by atoms with E-state index in [1.165, 1.54) is 0 Å². The number of aliphatic carboxylic acids is 1. The molecular weight excluding hydrogens is 320 g/mol. The number of ether oxygens (including phenoxy) is 1. The topological polar surface area (TPSA) is 87.7 Å². The third kappa shape index (κ3) is 6.27. The second kappa shape index (κ2) is 9.44. The fourth-order valence-corrected chi connectivity index (χ4v) is 2.28. The standard InChI is InChI=1S/C19H22N2O4/c1-2-7-17(19(23)24)20-13-18(22)21-14-8-6-11-16(12-14)25-15-9-4-3-5-10-15/h3-6,8-12,17,20H,2,7,13H2,1H3,(H,21,22)(H,23,24). The van der Waals surface area contributed by atoms with Gasteiger partial charge in [-0.15, -0.1) is 0 Å². The largest absolute Gasteiger partial charge is 0.480 e. The zero-order valence-electron chi connectivity index (χ0n) is 14.1. The van der Waals surface area contributed by atoms with Crippen LogP contribution in [0.4, 0.5) is 5.69 Å². The first-order valence-corrected chi connectivity index (χ1v) is 8.17. The highest BCUT2D eigenvalue weighted by molar-refractivity contribution is 5.92. The second-order valence-corrected chi connectivity index (χ2v) is 5.55. The molecule has 0 aromatic heterocycles. The minimum absolute atomic E-state index is 0.0687. The van der Waals surface area contributed by atoms with Crippen LogP contribution in [0.3, 0.4) is 0 Å². The molecule has 0 saturated heterocycles. The minimum atomic E-state index is -0.951. The molecule has 132 valence electrons. The van der Waals surface area contributed by atoms with Crippen molar-refractivity contribution in [3.8, 4) is 11.5 Å². The van der Waals surface area contributed by atoms with E-state index in [0.29, 0.717) is 23.6 Å². The molecule has 0 saturated carbocycles. The van der Waals surface area contributed by atoms with Crippen LogP contribution in [0.1, 0.15) is 19.8 Å². The first kappa shape index (κ1) is 18.5. The van der Waals surface area contributed by atoms with Crippen molar-refractivity contribution in [1.82, 2.24) is 5.32 Å². The number of hydrogen-bond donors (Lipinski definition) is 3. The molecule has 1 amide bonds. The molecular formula is C19H22N2O4. The lowest BCUT2D eigenvalue weighted by atomic mass is 10.2. The van der Waals surface area contributed by atoms with Crippen molar-refractivity contribution < 1.29 is 19.4 Å². The Kier molecular flexibility index (Phi) is 6.98. The van der Waals surface area contributed by atoms with Gasteiger partial charge in [0.1, 0.15) is 17.5 Å². The Labute approximate surface area is 146 Å². The van der Waals surface area contributed by atoms with Crippen molar-refractivity contribution in [3.63, 3.8) is 0 Å². The second-order valence-electron chi connectivity index (χ2n) is 5.55. The molecule has 0 fully saturated rings. The van der Waals surface area contributed by atoms with Gasteiger partial charge in [0.05, 0.1) is 6.54 Å². The van der Waals surface area contributed by atoms with Gasteiger partial charge < -0.3 is 15.2 Å². The highest BCUT2D eigenvalue weighted by Gasteiger charge is 2.16. The Morgan fingerprint density at radius 3 is 2.48 bits per heavy atom. The molecule has 25 heavy (non-hydrogen) atoms. The van der Waals surface area contributed by atoms with E-state index in [-0.39, 0.29) is 12.5 Å². The monoisotopic (exact) mass is 342 g/mol. The van der Waals surface area contributed by atoms with E-state index < -0.39 is 12.0 Å². The average molecular weight is 342 g/mol. The summed E-state index contributed by atoms with van der Waals surface area (Å²) in [6.07, 6.45) is 1.20. The molecule has 0 aliphatic rings. The number of amides is 1.